The normalized spacial score (nSPS) is 14.2. The third-order valence-corrected chi connectivity index (χ3v) is 3.01. The molecule has 1 aromatic rings. The minimum atomic E-state index is -0.575. The van der Waals surface area contributed by atoms with Crippen LogP contribution >= 0.6 is 0 Å². The van der Waals surface area contributed by atoms with Crippen LogP contribution in [0.4, 0.5) is 0 Å². The molecule has 94 valence electrons. The van der Waals surface area contributed by atoms with E-state index in [0.29, 0.717) is 17.7 Å². The number of rotatable bonds is 4. The Bertz CT molecular complexity index is 412. The van der Waals surface area contributed by atoms with Gasteiger partial charge in [-0.05, 0) is 39.3 Å². The molecule has 0 aromatic carbocycles. The van der Waals surface area contributed by atoms with E-state index in [2.05, 4.69) is 10.3 Å². The molecule has 0 aliphatic heterocycles. The Kier molecular flexibility index (Phi) is 4.23. The van der Waals surface area contributed by atoms with Gasteiger partial charge in [-0.3, -0.25) is 9.78 Å². The van der Waals surface area contributed by atoms with Crippen molar-refractivity contribution in [2.75, 3.05) is 6.61 Å². The van der Waals surface area contributed by atoms with Crippen LogP contribution in [0, 0.1) is 13.8 Å². The van der Waals surface area contributed by atoms with Crippen molar-refractivity contribution in [2.24, 2.45) is 0 Å². The Hall–Kier alpha value is -1.42. The van der Waals surface area contributed by atoms with E-state index < -0.39 is 5.54 Å². The molecular formula is C13H20N2O2. The first kappa shape index (κ1) is 13.6. The van der Waals surface area contributed by atoms with Crippen LogP contribution in [0.5, 0.6) is 0 Å². The molecule has 4 nitrogen and oxygen atoms in total. The van der Waals surface area contributed by atoms with Crippen molar-refractivity contribution < 1.29 is 9.90 Å². The van der Waals surface area contributed by atoms with E-state index in [-0.39, 0.29) is 12.5 Å². The van der Waals surface area contributed by atoms with Crippen LogP contribution in [0.3, 0.4) is 0 Å². The molecule has 1 heterocycles. The number of pyridine rings is 1. The average molecular weight is 236 g/mol. The monoisotopic (exact) mass is 236 g/mol. The number of hydrogen-bond donors (Lipinski definition) is 2. The van der Waals surface area contributed by atoms with Crippen molar-refractivity contribution in [1.82, 2.24) is 10.3 Å². The molecule has 1 unspecified atom stereocenters. The van der Waals surface area contributed by atoms with Gasteiger partial charge in [0.25, 0.3) is 5.91 Å². The lowest BCUT2D eigenvalue weighted by molar-refractivity contribution is 0.0846. The maximum absolute atomic E-state index is 12.0. The van der Waals surface area contributed by atoms with Gasteiger partial charge in [0.2, 0.25) is 0 Å². The number of carbonyl (C=O) groups excluding carboxylic acids is 1. The molecule has 0 spiro atoms. The van der Waals surface area contributed by atoms with Gasteiger partial charge in [-0.1, -0.05) is 6.92 Å². The quantitative estimate of drug-likeness (QED) is 0.834. The Morgan fingerprint density at radius 3 is 2.59 bits per heavy atom. The second-order valence-corrected chi connectivity index (χ2v) is 4.61. The van der Waals surface area contributed by atoms with Gasteiger partial charge in [0.1, 0.15) is 0 Å². The summed E-state index contributed by atoms with van der Waals surface area (Å²) in [7, 11) is 0. The Balaban J connectivity index is 2.90. The zero-order valence-electron chi connectivity index (χ0n) is 10.9. The number of aliphatic hydroxyl groups excluding tert-OH is 1. The third-order valence-electron chi connectivity index (χ3n) is 3.01. The predicted molar refractivity (Wildman–Crippen MR) is 67.0 cm³/mol. The highest BCUT2D eigenvalue weighted by Gasteiger charge is 2.24. The third kappa shape index (κ3) is 3.27. The number of hydrogen-bond acceptors (Lipinski definition) is 3. The van der Waals surface area contributed by atoms with Crippen LogP contribution in [-0.2, 0) is 0 Å². The number of amides is 1. The van der Waals surface area contributed by atoms with Crippen LogP contribution in [0.15, 0.2) is 12.1 Å². The number of nitrogens with one attached hydrogen (secondary N) is 1. The number of aliphatic hydroxyl groups is 1. The van der Waals surface area contributed by atoms with Crippen LogP contribution in [0.25, 0.3) is 0 Å². The highest BCUT2D eigenvalue weighted by atomic mass is 16.3. The summed E-state index contributed by atoms with van der Waals surface area (Å²) >= 11 is 0. The van der Waals surface area contributed by atoms with Gasteiger partial charge in [-0.2, -0.15) is 0 Å². The van der Waals surface area contributed by atoms with Gasteiger partial charge in [0.15, 0.2) is 0 Å². The van der Waals surface area contributed by atoms with Crippen molar-refractivity contribution in [3.63, 3.8) is 0 Å². The van der Waals surface area contributed by atoms with Gasteiger partial charge in [-0.15, -0.1) is 0 Å². The number of aryl methyl sites for hydroxylation is 2. The molecule has 0 radical (unpaired) electrons. The summed E-state index contributed by atoms with van der Waals surface area (Å²) in [5, 5.41) is 12.1. The molecule has 0 bridgehead atoms. The first-order valence-electron chi connectivity index (χ1n) is 5.79. The largest absolute Gasteiger partial charge is 0.394 e. The van der Waals surface area contributed by atoms with Crippen LogP contribution in [0.2, 0.25) is 0 Å². The fraction of sp³-hybridized carbons (Fsp3) is 0.538. The lowest BCUT2D eigenvalue weighted by atomic mass is 9.99. The minimum Gasteiger partial charge on any atom is -0.394 e. The first-order valence-corrected chi connectivity index (χ1v) is 5.79. The van der Waals surface area contributed by atoms with E-state index in [0.717, 1.165) is 5.69 Å². The summed E-state index contributed by atoms with van der Waals surface area (Å²) in [4.78, 5) is 16.3. The predicted octanol–water partition coefficient (Wildman–Crippen LogP) is 1.59. The summed E-state index contributed by atoms with van der Waals surface area (Å²) in [5.74, 6) is -0.187. The van der Waals surface area contributed by atoms with Crippen molar-refractivity contribution in [1.29, 1.82) is 0 Å². The highest BCUT2D eigenvalue weighted by Crippen LogP contribution is 2.12. The number of nitrogens with zero attached hydrogens (tertiary/aromatic N) is 1. The fourth-order valence-corrected chi connectivity index (χ4v) is 1.51. The molecule has 4 heteroatoms. The Labute approximate surface area is 102 Å². The second-order valence-electron chi connectivity index (χ2n) is 4.61. The lowest BCUT2D eigenvalue weighted by Gasteiger charge is -2.27. The van der Waals surface area contributed by atoms with E-state index in [9.17, 15) is 9.90 Å². The second kappa shape index (κ2) is 5.27. The summed E-state index contributed by atoms with van der Waals surface area (Å²) in [6, 6.07) is 3.57. The Morgan fingerprint density at radius 2 is 2.12 bits per heavy atom. The maximum Gasteiger partial charge on any atom is 0.253 e. The van der Waals surface area contributed by atoms with E-state index in [4.69, 9.17) is 0 Å². The molecule has 1 rings (SSSR count). The smallest absolute Gasteiger partial charge is 0.253 e. The SMILES string of the molecule is CCC(C)(CO)NC(=O)c1ccc(C)nc1C. The molecule has 0 saturated heterocycles. The molecule has 0 fully saturated rings. The van der Waals surface area contributed by atoms with Gasteiger partial charge < -0.3 is 10.4 Å². The van der Waals surface area contributed by atoms with E-state index in [1.54, 1.807) is 6.07 Å². The van der Waals surface area contributed by atoms with E-state index in [1.165, 1.54) is 0 Å². The molecule has 0 aliphatic carbocycles. The summed E-state index contributed by atoms with van der Waals surface area (Å²) in [6.45, 7) is 7.37. The van der Waals surface area contributed by atoms with Crippen LogP contribution in [0.1, 0.15) is 42.0 Å². The Morgan fingerprint density at radius 1 is 1.47 bits per heavy atom. The first-order chi connectivity index (χ1) is 7.91. The van der Waals surface area contributed by atoms with Crippen LogP contribution in [-0.4, -0.2) is 28.1 Å². The number of carbonyl (C=O) groups is 1. The average Bonchev–Trinajstić information content (AvgIpc) is 2.28. The molecule has 1 aromatic heterocycles. The highest BCUT2D eigenvalue weighted by molar-refractivity contribution is 5.95. The molecule has 1 atom stereocenters. The molecule has 0 aliphatic rings. The van der Waals surface area contributed by atoms with Gasteiger partial charge in [0, 0.05) is 5.69 Å². The summed E-state index contributed by atoms with van der Waals surface area (Å²) in [5.41, 5.74) is 1.58. The molecule has 2 N–H and O–H groups in total. The van der Waals surface area contributed by atoms with Crippen molar-refractivity contribution in [3.05, 3.63) is 29.1 Å². The molecule has 17 heavy (non-hydrogen) atoms. The summed E-state index contributed by atoms with van der Waals surface area (Å²) in [6.07, 6.45) is 0.674. The summed E-state index contributed by atoms with van der Waals surface area (Å²) < 4.78 is 0. The zero-order valence-corrected chi connectivity index (χ0v) is 10.9. The van der Waals surface area contributed by atoms with Gasteiger partial charge in [-0.25, -0.2) is 0 Å². The van der Waals surface area contributed by atoms with Crippen LogP contribution < -0.4 is 5.32 Å². The van der Waals surface area contributed by atoms with Crippen molar-refractivity contribution >= 4 is 5.91 Å². The number of aromatic nitrogens is 1. The molecular weight excluding hydrogens is 216 g/mol. The maximum atomic E-state index is 12.0. The molecule has 0 saturated carbocycles. The standard InChI is InChI=1S/C13H20N2O2/c1-5-13(4,8-16)15-12(17)11-7-6-9(2)14-10(11)3/h6-7,16H,5,8H2,1-4H3,(H,15,17). The zero-order chi connectivity index (χ0) is 13.1. The topological polar surface area (TPSA) is 62.2 Å². The molecule has 1 amide bonds. The van der Waals surface area contributed by atoms with Crippen molar-refractivity contribution in [2.45, 2.75) is 39.7 Å². The minimum absolute atomic E-state index is 0.0758. The van der Waals surface area contributed by atoms with Gasteiger partial charge in [0.05, 0.1) is 23.4 Å². The van der Waals surface area contributed by atoms with Crippen molar-refractivity contribution in [3.8, 4) is 0 Å². The van der Waals surface area contributed by atoms with E-state index >= 15 is 0 Å². The van der Waals surface area contributed by atoms with Gasteiger partial charge >= 0.3 is 0 Å². The lowest BCUT2D eigenvalue weighted by Crippen LogP contribution is -2.48. The fourth-order valence-electron chi connectivity index (χ4n) is 1.51. The van der Waals surface area contributed by atoms with E-state index in [1.807, 2.05) is 33.8 Å².